The molecule has 2 aromatic rings. The lowest BCUT2D eigenvalue weighted by Gasteiger charge is -2.36. The van der Waals surface area contributed by atoms with Gasteiger partial charge in [0.05, 0.1) is 10.6 Å². The van der Waals surface area contributed by atoms with Gasteiger partial charge in [-0.05, 0) is 36.6 Å². The summed E-state index contributed by atoms with van der Waals surface area (Å²) in [6, 6.07) is 9.74. The zero-order valence-electron chi connectivity index (χ0n) is 14.7. The van der Waals surface area contributed by atoms with Gasteiger partial charge in [-0.3, -0.25) is 9.69 Å². The van der Waals surface area contributed by atoms with Crippen LogP contribution in [0.15, 0.2) is 30.3 Å². The molecule has 3 aliphatic rings. The molecule has 0 radical (unpaired) electrons. The number of para-hydroxylation sites is 1. The Balaban J connectivity index is 1.23. The Morgan fingerprint density at radius 3 is 2.54 bits per heavy atom. The molecule has 1 amide bonds. The zero-order valence-corrected chi connectivity index (χ0v) is 15.5. The second-order valence-electron chi connectivity index (χ2n) is 7.43. The molecule has 6 heteroatoms. The van der Waals surface area contributed by atoms with Crippen molar-refractivity contribution >= 4 is 22.9 Å². The van der Waals surface area contributed by atoms with Crippen molar-refractivity contribution in [1.82, 2.24) is 9.80 Å². The number of carbonyl (C=O) groups excluding carboxylic acids is 1. The Kier molecular flexibility index (Phi) is 3.98. The van der Waals surface area contributed by atoms with Gasteiger partial charge in [0.15, 0.2) is 0 Å². The second kappa shape index (κ2) is 6.35. The Hall–Kier alpha value is -1.92. The highest BCUT2D eigenvalue weighted by molar-refractivity contribution is 7.14. The summed E-state index contributed by atoms with van der Waals surface area (Å²) in [5.74, 6) is -0.0577. The quantitative estimate of drug-likeness (QED) is 0.828. The van der Waals surface area contributed by atoms with Crippen molar-refractivity contribution < 1.29 is 9.18 Å². The molecule has 4 nitrogen and oxygen atoms in total. The average molecular weight is 371 g/mol. The fraction of sp³-hybridized carbons (Fsp3) is 0.450. The van der Waals surface area contributed by atoms with Crippen LogP contribution in [-0.4, -0.2) is 47.9 Å². The largest absolute Gasteiger partial charge is 0.366 e. The number of thiophene rings is 1. The molecule has 26 heavy (non-hydrogen) atoms. The topological polar surface area (TPSA) is 26.8 Å². The molecule has 5 rings (SSSR count). The van der Waals surface area contributed by atoms with E-state index in [0.29, 0.717) is 31.9 Å². The van der Waals surface area contributed by atoms with Crippen LogP contribution in [0.4, 0.5) is 10.1 Å². The lowest BCUT2D eigenvalue weighted by Crippen LogP contribution is -2.48. The van der Waals surface area contributed by atoms with Crippen LogP contribution in [0.1, 0.15) is 33.0 Å². The van der Waals surface area contributed by atoms with Gasteiger partial charge in [0.2, 0.25) is 0 Å². The highest BCUT2D eigenvalue weighted by Crippen LogP contribution is 2.38. The van der Waals surface area contributed by atoms with E-state index in [1.807, 2.05) is 21.9 Å². The molecule has 1 aromatic heterocycles. The maximum absolute atomic E-state index is 14.0. The summed E-state index contributed by atoms with van der Waals surface area (Å²) >= 11 is 1.67. The van der Waals surface area contributed by atoms with Crippen molar-refractivity contribution in [3.8, 4) is 0 Å². The smallest absolute Gasteiger partial charge is 0.264 e. The third kappa shape index (κ3) is 2.91. The van der Waals surface area contributed by atoms with Gasteiger partial charge < -0.3 is 9.80 Å². The Bertz CT molecular complexity index is 816. The number of anilines is 1. The predicted octanol–water partition coefficient (Wildman–Crippen LogP) is 3.33. The van der Waals surface area contributed by atoms with E-state index >= 15 is 0 Å². The average Bonchev–Trinajstić information content (AvgIpc) is 3.32. The van der Waals surface area contributed by atoms with Crippen LogP contribution in [0, 0.1) is 5.82 Å². The fourth-order valence-corrected chi connectivity index (χ4v) is 5.18. The van der Waals surface area contributed by atoms with E-state index < -0.39 is 0 Å². The van der Waals surface area contributed by atoms with Crippen LogP contribution in [0.25, 0.3) is 0 Å². The van der Waals surface area contributed by atoms with Crippen LogP contribution >= 0.6 is 11.3 Å². The lowest BCUT2D eigenvalue weighted by atomic mass is 10.2. The summed E-state index contributed by atoms with van der Waals surface area (Å²) in [5, 5.41) is 0. The molecule has 2 fully saturated rings. The molecule has 0 unspecified atom stereocenters. The van der Waals surface area contributed by atoms with Crippen LogP contribution in [0.3, 0.4) is 0 Å². The number of fused-ring (bicyclic) bond motifs is 1. The van der Waals surface area contributed by atoms with E-state index in [1.54, 1.807) is 17.4 Å². The normalized spacial score (nSPS) is 20.5. The standard InChI is InChI=1S/C20H22FN3OS/c21-16-3-1-2-4-17(16)22-7-9-23(10-8-22)20(25)18-11-14-12-24(15-5-6-15)13-19(14)26-18/h1-4,11,15H,5-10,12-13H2. The molecule has 1 aromatic carbocycles. The van der Waals surface area contributed by atoms with Gasteiger partial charge in [-0.1, -0.05) is 12.1 Å². The van der Waals surface area contributed by atoms with Gasteiger partial charge in [-0.2, -0.15) is 0 Å². The first-order valence-corrected chi connectivity index (χ1v) is 10.1. The van der Waals surface area contributed by atoms with Crippen molar-refractivity contribution in [1.29, 1.82) is 0 Å². The first kappa shape index (κ1) is 16.3. The molecular weight excluding hydrogens is 349 g/mol. The van der Waals surface area contributed by atoms with Gasteiger partial charge in [0.25, 0.3) is 5.91 Å². The third-order valence-corrected chi connectivity index (χ3v) is 6.80. The Morgan fingerprint density at radius 2 is 1.85 bits per heavy atom. The summed E-state index contributed by atoms with van der Waals surface area (Å²) in [7, 11) is 0. The van der Waals surface area contributed by atoms with Crippen molar-refractivity contribution in [3.05, 3.63) is 51.5 Å². The molecular formula is C20H22FN3OS. The molecule has 0 spiro atoms. The number of carbonyl (C=O) groups is 1. The molecule has 3 heterocycles. The Morgan fingerprint density at radius 1 is 1.08 bits per heavy atom. The van der Waals surface area contributed by atoms with Crippen molar-refractivity contribution in [3.63, 3.8) is 0 Å². The van der Waals surface area contributed by atoms with Gasteiger partial charge in [0.1, 0.15) is 5.82 Å². The first-order valence-electron chi connectivity index (χ1n) is 9.33. The van der Waals surface area contributed by atoms with Crippen LogP contribution in [0.2, 0.25) is 0 Å². The third-order valence-electron chi connectivity index (χ3n) is 5.65. The van der Waals surface area contributed by atoms with Gasteiger partial charge in [-0.25, -0.2) is 4.39 Å². The van der Waals surface area contributed by atoms with Gasteiger partial charge in [0, 0.05) is 50.2 Å². The molecule has 1 aliphatic carbocycles. The van der Waals surface area contributed by atoms with Crippen LogP contribution in [0.5, 0.6) is 0 Å². The second-order valence-corrected chi connectivity index (χ2v) is 8.56. The summed E-state index contributed by atoms with van der Waals surface area (Å²) in [6.45, 7) is 4.65. The van der Waals surface area contributed by atoms with Crippen molar-refractivity contribution in [2.75, 3.05) is 31.1 Å². The molecule has 2 aliphatic heterocycles. The number of halogens is 1. The number of hydrogen-bond acceptors (Lipinski definition) is 4. The molecule has 1 saturated heterocycles. The van der Waals surface area contributed by atoms with E-state index in [4.69, 9.17) is 0 Å². The van der Waals surface area contributed by atoms with E-state index in [9.17, 15) is 9.18 Å². The summed E-state index contributed by atoms with van der Waals surface area (Å²) < 4.78 is 14.0. The first-order chi connectivity index (χ1) is 12.7. The van der Waals surface area contributed by atoms with Gasteiger partial charge in [-0.15, -0.1) is 11.3 Å². The van der Waals surface area contributed by atoms with Crippen molar-refractivity contribution in [2.24, 2.45) is 0 Å². The number of rotatable bonds is 3. The number of benzene rings is 1. The summed E-state index contributed by atoms with van der Waals surface area (Å²) in [6.07, 6.45) is 2.65. The minimum Gasteiger partial charge on any atom is -0.366 e. The number of amides is 1. The van der Waals surface area contributed by atoms with E-state index in [2.05, 4.69) is 11.0 Å². The van der Waals surface area contributed by atoms with E-state index in [0.717, 1.165) is 24.0 Å². The highest BCUT2D eigenvalue weighted by atomic mass is 32.1. The maximum atomic E-state index is 14.0. The Labute approximate surface area is 156 Å². The monoisotopic (exact) mass is 371 g/mol. The zero-order chi connectivity index (χ0) is 17.7. The molecule has 0 atom stereocenters. The molecule has 136 valence electrons. The van der Waals surface area contributed by atoms with Crippen LogP contribution < -0.4 is 4.90 Å². The maximum Gasteiger partial charge on any atom is 0.264 e. The number of nitrogens with zero attached hydrogens (tertiary/aromatic N) is 3. The number of hydrogen-bond donors (Lipinski definition) is 0. The minimum atomic E-state index is -0.192. The fourth-order valence-electron chi connectivity index (χ4n) is 4.01. The lowest BCUT2D eigenvalue weighted by molar-refractivity contribution is 0.0751. The molecule has 1 saturated carbocycles. The molecule has 0 N–H and O–H groups in total. The summed E-state index contributed by atoms with van der Waals surface area (Å²) in [4.78, 5) is 21.6. The van der Waals surface area contributed by atoms with Crippen LogP contribution in [-0.2, 0) is 13.1 Å². The number of piperazine rings is 1. The van der Waals surface area contributed by atoms with Gasteiger partial charge >= 0.3 is 0 Å². The SMILES string of the molecule is O=C(c1cc2c(s1)CN(C1CC1)C2)N1CCN(c2ccccc2F)CC1. The molecule has 0 bridgehead atoms. The predicted molar refractivity (Wildman–Crippen MR) is 101 cm³/mol. The summed E-state index contributed by atoms with van der Waals surface area (Å²) in [5.41, 5.74) is 1.98. The van der Waals surface area contributed by atoms with E-state index in [1.165, 1.54) is 29.3 Å². The highest BCUT2D eigenvalue weighted by Gasteiger charge is 2.35. The minimum absolute atomic E-state index is 0.135. The van der Waals surface area contributed by atoms with Crippen molar-refractivity contribution in [2.45, 2.75) is 32.0 Å². The van der Waals surface area contributed by atoms with E-state index in [-0.39, 0.29) is 11.7 Å².